The Morgan fingerprint density at radius 1 is 1.09 bits per heavy atom. The van der Waals surface area contributed by atoms with Gasteiger partial charge in [0.15, 0.2) is 5.84 Å². The van der Waals surface area contributed by atoms with Crippen molar-refractivity contribution in [2.75, 3.05) is 56.9 Å². The average Bonchev–Trinajstić information content (AvgIpc) is 3.65. The first kappa shape index (κ1) is 32.5. The normalized spacial score (nSPS) is 19.9. The van der Waals surface area contributed by atoms with E-state index in [0.717, 1.165) is 39.8 Å². The van der Waals surface area contributed by atoms with Crippen molar-refractivity contribution in [1.82, 2.24) is 20.1 Å². The lowest BCUT2D eigenvalue weighted by Gasteiger charge is -2.29. The maximum Gasteiger partial charge on any atom is 0.237 e. The fourth-order valence-electron chi connectivity index (χ4n) is 6.64. The predicted octanol–water partition coefficient (Wildman–Crippen LogP) is 4.00. The Kier molecular flexibility index (Phi) is 9.50. The third-order valence-corrected chi connectivity index (χ3v) is 9.99. The van der Waals surface area contributed by atoms with Crippen molar-refractivity contribution >= 4 is 69.2 Å². The number of pyridine rings is 1. The number of amidine groups is 1. The molecule has 2 saturated heterocycles. The van der Waals surface area contributed by atoms with Crippen molar-refractivity contribution in [3.63, 3.8) is 0 Å². The molecule has 12 heteroatoms. The fourth-order valence-corrected chi connectivity index (χ4v) is 6.96. The Balaban J connectivity index is 1.05. The Bertz CT molecular complexity index is 1770. The molecule has 0 bridgehead atoms. The van der Waals surface area contributed by atoms with Gasteiger partial charge in [0, 0.05) is 67.5 Å². The minimum absolute atomic E-state index is 0.0752. The second-order valence-corrected chi connectivity index (χ2v) is 13.4. The molecule has 1 aromatic heterocycles. The minimum Gasteiger partial charge on any atom is -0.398 e. The number of hydrogen-bond acceptors (Lipinski definition) is 7. The molecule has 242 valence electrons. The van der Waals surface area contributed by atoms with E-state index in [4.69, 9.17) is 16.6 Å². The summed E-state index contributed by atoms with van der Waals surface area (Å²) in [4.78, 5) is 41.4. The van der Waals surface area contributed by atoms with Gasteiger partial charge in [-0.3, -0.25) is 25.3 Å². The molecule has 2 fully saturated rings. The lowest BCUT2D eigenvalue weighted by molar-refractivity contribution is -0.132. The molecule has 47 heavy (non-hydrogen) atoms. The summed E-state index contributed by atoms with van der Waals surface area (Å²) < 4.78 is 0.844. The number of nitrogens with one attached hydrogen (secondary N) is 3. The number of anilines is 2. The molecule has 0 saturated carbocycles. The van der Waals surface area contributed by atoms with Crippen molar-refractivity contribution in [2.24, 2.45) is 10.4 Å². The van der Waals surface area contributed by atoms with E-state index in [1.54, 1.807) is 19.3 Å². The van der Waals surface area contributed by atoms with Crippen LogP contribution in [0, 0.1) is 19.9 Å². The zero-order chi connectivity index (χ0) is 33.1. The lowest BCUT2D eigenvalue weighted by Crippen LogP contribution is -2.43. The molecule has 4 heterocycles. The molecule has 3 aliphatic rings. The highest BCUT2D eigenvalue weighted by Crippen LogP contribution is 2.43. The molecule has 3 aromatic rings. The summed E-state index contributed by atoms with van der Waals surface area (Å²) in [6.07, 6.45) is 7.48. The van der Waals surface area contributed by atoms with E-state index >= 15 is 0 Å². The molecule has 6 rings (SSSR count). The van der Waals surface area contributed by atoms with Crippen molar-refractivity contribution < 1.29 is 9.59 Å². The highest BCUT2D eigenvalue weighted by molar-refractivity contribution is 14.1. The van der Waals surface area contributed by atoms with Crippen LogP contribution in [0.25, 0.3) is 5.57 Å². The molecule has 0 aliphatic carbocycles. The van der Waals surface area contributed by atoms with Gasteiger partial charge < -0.3 is 20.9 Å². The van der Waals surface area contributed by atoms with E-state index in [0.29, 0.717) is 56.1 Å². The number of benzene rings is 2. The van der Waals surface area contributed by atoms with Gasteiger partial charge in [0.05, 0.1) is 24.0 Å². The van der Waals surface area contributed by atoms with E-state index in [-0.39, 0.29) is 23.4 Å². The number of rotatable bonds is 8. The van der Waals surface area contributed by atoms with Crippen molar-refractivity contribution in [1.29, 1.82) is 10.8 Å². The third-order valence-electron chi connectivity index (χ3n) is 9.35. The molecule has 5 N–H and O–H groups in total. The molecular formula is C35H38IN9O2. The first-order chi connectivity index (χ1) is 22.7. The standard InChI is InChI=1S/C35H38IN9O2/c1-40-22-42-33(39)25-4-2-23(3-5-25)24-10-14-44(15-11-24)31(46)20-43-16-12-35(21-43)13-17-45(34(35)47)27-7-8-29(37)28(18-27)32(38)26-6-9-30(36)41-19-26/h2-10,18-19,22,38H,11-17,20-21,37H2,1H3,(H2,39,40,42). The van der Waals surface area contributed by atoms with Gasteiger partial charge in [-0.1, -0.05) is 30.3 Å². The molecule has 11 nitrogen and oxygen atoms in total. The van der Waals surface area contributed by atoms with Crippen LogP contribution in [0.2, 0.25) is 0 Å². The summed E-state index contributed by atoms with van der Waals surface area (Å²) in [7, 11) is 1.74. The summed E-state index contributed by atoms with van der Waals surface area (Å²) in [5.74, 6) is 0.354. The molecular weight excluding hydrogens is 705 g/mol. The zero-order valence-corrected chi connectivity index (χ0v) is 28.5. The Morgan fingerprint density at radius 2 is 1.85 bits per heavy atom. The van der Waals surface area contributed by atoms with Crippen LogP contribution >= 0.6 is 22.6 Å². The maximum atomic E-state index is 13.9. The fraction of sp³-hybridized carbons (Fsp3) is 0.314. The van der Waals surface area contributed by atoms with Crippen LogP contribution in [-0.4, -0.2) is 90.8 Å². The summed E-state index contributed by atoms with van der Waals surface area (Å²) in [6, 6.07) is 17.0. The Hall–Kier alpha value is -4.43. The third kappa shape index (κ3) is 6.84. The highest BCUT2D eigenvalue weighted by Gasteiger charge is 2.51. The molecule has 1 unspecified atom stereocenters. The van der Waals surface area contributed by atoms with Gasteiger partial charge in [-0.05, 0) is 89.9 Å². The van der Waals surface area contributed by atoms with Crippen LogP contribution < -0.4 is 16.0 Å². The van der Waals surface area contributed by atoms with Crippen LogP contribution in [0.15, 0.2) is 71.9 Å². The van der Waals surface area contributed by atoms with Gasteiger partial charge in [-0.2, -0.15) is 0 Å². The number of nitrogen functional groups attached to an aromatic ring is 1. The van der Waals surface area contributed by atoms with Gasteiger partial charge in [-0.15, -0.1) is 0 Å². The van der Waals surface area contributed by atoms with E-state index in [2.05, 4.69) is 48.9 Å². The molecule has 1 spiro atoms. The number of carbonyl (C=O) groups is 2. The Labute approximate surface area is 288 Å². The number of hydrogen-bond donors (Lipinski definition) is 4. The summed E-state index contributed by atoms with van der Waals surface area (Å²) in [5.41, 5.74) is 11.5. The second kappa shape index (κ2) is 13.7. The second-order valence-electron chi connectivity index (χ2n) is 12.3. The van der Waals surface area contributed by atoms with Crippen LogP contribution in [0.4, 0.5) is 11.4 Å². The van der Waals surface area contributed by atoms with Gasteiger partial charge in [0.25, 0.3) is 0 Å². The van der Waals surface area contributed by atoms with Gasteiger partial charge in [0.1, 0.15) is 3.70 Å². The van der Waals surface area contributed by atoms with E-state index < -0.39 is 5.41 Å². The topological polar surface area (TPSA) is 155 Å². The average molecular weight is 744 g/mol. The molecule has 0 radical (unpaired) electrons. The van der Waals surface area contributed by atoms with E-state index in [1.807, 2.05) is 58.3 Å². The van der Waals surface area contributed by atoms with Gasteiger partial charge in [-0.25, -0.2) is 9.98 Å². The van der Waals surface area contributed by atoms with E-state index in [9.17, 15) is 9.59 Å². The van der Waals surface area contributed by atoms with Crippen LogP contribution in [0.1, 0.15) is 41.5 Å². The summed E-state index contributed by atoms with van der Waals surface area (Å²) in [5, 5.41) is 19.6. The van der Waals surface area contributed by atoms with Crippen molar-refractivity contribution in [2.45, 2.75) is 19.3 Å². The van der Waals surface area contributed by atoms with Gasteiger partial charge >= 0.3 is 0 Å². The number of carbonyl (C=O) groups excluding carboxylic acids is 2. The molecule has 1 atom stereocenters. The number of likely N-dealkylation sites (tertiary alicyclic amines) is 1. The first-order valence-corrected chi connectivity index (χ1v) is 16.8. The predicted molar refractivity (Wildman–Crippen MR) is 194 cm³/mol. The quantitative estimate of drug-likeness (QED) is 0.0900. The SMILES string of the molecule is CN/C=N\C(=N)c1ccc(C2=CCN(C(=O)CN3CCC4(CCN(c5ccc(N)c(C(=N)c6ccc(I)nc6)c5)C4=O)C3)CC2)cc1. The number of nitrogens with zero attached hydrogens (tertiary/aromatic N) is 5. The highest BCUT2D eigenvalue weighted by atomic mass is 127. The monoisotopic (exact) mass is 743 g/mol. The van der Waals surface area contributed by atoms with Crippen LogP contribution in [-0.2, 0) is 9.59 Å². The lowest BCUT2D eigenvalue weighted by atomic mass is 9.85. The molecule has 2 aromatic carbocycles. The number of amides is 2. The van der Waals surface area contributed by atoms with Crippen LogP contribution in [0.3, 0.4) is 0 Å². The van der Waals surface area contributed by atoms with Crippen molar-refractivity contribution in [3.05, 3.63) is 92.8 Å². The smallest absolute Gasteiger partial charge is 0.237 e. The number of nitrogens with two attached hydrogens (primary N) is 1. The summed E-state index contributed by atoms with van der Waals surface area (Å²) in [6.45, 7) is 3.36. The molecule has 2 amide bonds. The first-order valence-electron chi connectivity index (χ1n) is 15.7. The van der Waals surface area contributed by atoms with E-state index in [1.165, 1.54) is 11.9 Å². The number of aliphatic imine (C=N–C) groups is 1. The zero-order valence-electron chi connectivity index (χ0n) is 26.3. The van der Waals surface area contributed by atoms with Gasteiger partial charge in [0.2, 0.25) is 11.8 Å². The maximum absolute atomic E-state index is 13.9. The minimum atomic E-state index is -0.509. The number of aromatic nitrogens is 1. The number of halogens is 1. The largest absolute Gasteiger partial charge is 0.398 e. The van der Waals surface area contributed by atoms with Crippen molar-refractivity contribution in [3.8, 4) is 0 Å². The van der Waals surface area contributed by atoms with Crippen LogP contribution in [0.5, 0.6) is 0 Å². The summed E-state index contributed by atoms with van der Waals surface area (Å²) >= 11 is 2.13. The Morgan fingerprint density at radius 3 is 2.55 bits per heavy atom. The molecule has 3 aliphatic heterocycles.